The summed E-state index contributed by atoms with van der Waals surface area (Å²) in [6.45, 7) is 12.9. The Labute approximate surface area is 241 Å². The monoisotopic (exact) mass is 567 g/mol. The molecule has 0 aromatic heterocycles. The number of aliphatic hydroxyl groups is 1. The summed E-state index contributed by atoms with van der Waals surface area (Å²) in [7, 11) is 0. The Morgan fingerprint density at radius 1 is 1.29 bits per heavy atom. The van der Waals surface area contributed by atoms with Gasteiger partial charge in [-0.3, -0.25) is 19.2 Å². The first-order valence-electron chi connectivity index (χ1n) is 14.3. The van der Waals surface area contributed by atoms with E-state index in [2.05, 4.69) is 18.5 Å². The quantitative estimate of drug-likeness (QED) is 0.277. The van der Waals surface area contributed by atoms with Crippen LogP contribution in [0.3, 0.4) is 0 Å². The van der Waals surface area contributed by atoms with Crippen molar-refractivity contribution in [2.45, 2.75) is 70.3 Å². The van der Waals surface area contributed by atoms with Crippen LogP contribution in [0.4, 0.5) is 5.69 Å². The third-order valence-electron chi connectivity index (χ3n) is 8.36. The number of rotatable bonds is 13. The summed E-state index contributed by atoms with van der Waals surface area (Å²) >= 11 is 0. The van der Waals surface area contributed by atoms with Gasteiger partial charge in [-0.2, -0.15) is 0 Å². The molecule has 4 rings (SSSR count). The first-order valence-corrected chi connectivity index (χ1v) is 14.3. The Kier molecular flexibility index (Phi) is 9.34. The van der Waals surface area contributed by atoms with Crippen molar-refractivity contribution in [3.05, 3.63) is 54.6 Å². The molecule has 3 saturated heterocycles. The van der Waals surface area contributed by atoms with Crippen LogP contribution in [-0.4, -0.2) is 83.8 Å². The minimum atomic E-state index is -1.21. The molecule has 2 bridgehead atoms. The number of β-amino-alcohol motifs (C(OH)–C–C–N with tert-alkyl or cyclic N) is 1. The van der Waals surface area contributed by atoms with Crippen LogP contribution in [0, 0.1) is 25.7 Å². The molecule has 0 saturated carbocycles. The molecule has 1 aromatic rings. The number of nitrogens with zero attached hydrogens (tertiary/aromatic N) is 2. The first kappa shape index (κ1) is 30.5. The SMILES string of the molecule is C=CCCC(=O)NC[C@H](C)OC(=O)[C@@H]1[C@H]2C(=O)N(CCO)[C@H](C(=O)N(CC=C)c3cc(C)ccc3C)[C@]23CC[C@H]1O3. The molecular formula is C31H41N3O7. The van der Waals surface area contributed by atoms with Crippen LogP contribution in [0.2, 0.25) is 0 Å². The summed E-state index contributed by atoms with van der Waals surface area (Å²) < 4.78 is 12.1. The number of nitrogens with one attached hydrogen (secondary N) is 1. The van der Waals surface area contributed by atoms with Crippen LogP contribution in [0.15, 0.2) is 43.5 Å². The number of carbonyl (C=O) groups excluding carboxylic acids is 4. The molecule has 1 aromatic carbocycles. The number of aryl methyl sites for hydroxylation is 2. The van der Waals surface area contributed by atoms with Gasteiger partial charge in [-0.15, -0.1) is 13.2 Å². The number of allylic oxidation sites excluding steroid dienone is 1. The predicted molar refractivity (Wildman–Crippen MR) is 153 cm³/mol. The van der Waals surface area contributed by atoms with Crippen LogP contribution >= 0.6 is 0 Å². The average Bonchev–Trinajstić information content (AvgIpc) is 3.58. The summed E-state index contributed by atoms with van der Waals surface area (Å²) in [6, 6.07) is 4.81. The molecule has 3 amide bonds. The van der Waals surface area contributed by atoms with E-state index in [-0.39, 0.29) is 38.1 Å². The molecule has 41 heavy (non-hydrogen) atoms. The van der Waals surface area contributed by atoms with Crippen LogP contribution in [-0.2, 0) is 28.7 Å². The lowest BCUT2D eigenvalue weighted by Gasteiger charge is -2.37. The highest BCUT2D eigenvalue weighted by atomic mass is 16.6. The number of anilines is 1. The summed E-state index contributed by atoms with van der Waals surface area (Å²) in [6.07, 6.45) is 3.87. The second-order valence-corrected chi connectivity index (χ2v) is 11.2. The zero-order chi connectivity index (χ0) is 29.9. The average molecular weight is 568 g/mol. The molecule has 3 aliphatic heterocycles. The number of esters is 1. The van der Waals surface area contributed by atoms with Gasteiger partial charge in [0, 0.05) is 25.2 Å². The van der Waals surface area contributed by atoms with E-state index in [1.165, 1.54) is 4.90 Å². The van der Waals surface area contributed by atoms with Gasteiger partial charge >= 0.3 is 5.97 Å². The summed E-state index contributed by atoms with van der Waals surface area (Å²) in [5.74, 6) is -3.29. The molecule has 1 spiro atoms. The van der Waals surface area contributed by atoms with Crippen molar-refractivity contribution < 1.29 is 33.8 Å². The molecule has 0 unspecified atom stereocenters. The second-order valence-electron chi connectivity index (χ2n) is 11.2. The topological polar surface area (TPSA) is 125 Å². The molecule has 0 aliphatic carbocycles. The van der Waals surface area contributed by atoms with Gasteiger partial charge in [0.15, 0.2) is 0 Å². The van der Waals surface area contributed by atoms with Gasteiger partial charge in [-0.1, -0.05) is 24.3 Å². The summed E-state index contributed by atoms with van der Waals surface area (Å²) in [5, 5.41) is 12.6. The molecule has 6 atom stereocenters. The van der Waals surface area contributed by atoms with Gasteiger partial charge in [-0.25, -0.2) is 0 Å². The maximum absolute atomic E-state index is 14.4. The lowest BCUT2D eigenvalue weighted by molar-refractivity contribution is -0.159. The highest BCUT2D eigenvalue weighted by molar-refractivity contribution is 6.05. The number of hydrogen-bond acceptors (Lipinski definition) is 7. The highest BCUT2D eigenvalue weighted by Crippen LogP contribution is 2.59. The van der Waals surface area contributed by atoms with E-state index >= 15 is 0 Å². The standard InChI is InChI=1S/C31H41N3O7/c1-6-8-9-24(36)32-18-21(5)40-30(39)25-23-12-13-31(41-23)26(25)28(37)34(15-16-35)27(31)29(38)33(14-7-2)22-17-19(3)10-11-20(22)4/h6-7,10-11,17,21,23,25-27,35H,1-2,8-9,12-16,18H2,3-5H3,(H,32,36)/t21-,23+,25-,26-,27+,31-/m0/s1. The third kappa shape index (κ3) is 5.67. The lowest BCUT2D eigenvalue weighted by atomic mass is 9.70. The Hall–Kier alpha value is -3.50. The van der Waals surface area contributed by atoms with E-state index in [1.807, 2.05) is 32.0 Å². The molecule has 3 aliphatic rings. The largest absolute Gasteiger partial charge is 0.460 e. The third-order valence-corrected chi connectivity index (χ3v) is 8.36. The van der Waals surface area contributed by atoms with Crippen LogP contribution in [0.1, 0.15) is 43.7 Å². The van der Waals surface area contributed by atoms with Gasteiger partial charge in [0.25, 0.3) is 5.91 Å². The van der Waals surface area contributed by atoms with Gasteiger partial charge in [0.1, 0.15) is 17.7 Å². The van der Waals surface area contributed by atoms with E-state index in [4.69, 9.17) is 9.47 Å². The second kappa shape index (κ2) is 12.6. The highest BCUT2D eigenvalue weighted by Gasteiger charge is 2.75. The van der Waals surface area contributed by atoms with E-state index in [1.54, 1.807) is 24.0 Å². The van der Waals surface area contributed by atoms with Crippen molar-refractivity contribution in [3.8, 4) is 0 Å². The van der Waals surface area contributed by atoms with Crippen LogP contribution < -0.4 is 10.2 Å². The smallest absolute Gasteiger partial charge is 0.312 e. The Morgan fingerprint density at radius 3 is 2.73 bits per heavy atom. The lowest BCUT2D eigenvalue weighted by Crippen LogP contribution is -2.57. The van der Waals surface area contributed by atoms with Crippen molar-refractivity contribution >= 4 is 29.4 Å². The number of carbonyl (C=O) groups is 4. The van der Waals surface area contributed by atoms with Crippen molar-refractivity contribution in [3.63, 3.8) is 0 Å². The van der Waals surface area contributed by atoms with E-state index in [9.17, 15) is 24.3 Å². The number of ether oxygens (including phenoxy) is 2. The normalized spacial score (nSPS) is 26.8. The molecule has 2 N–H and O–H groups in total. The van der Waals surface area contributed by atoms with Gasteiger partial charge in [0.2, 0.25) is 11.8 Å². The molecule has 0 radical (unpaired) electrons. The van der Waals surface area contributed by atoms with Crippen molar-refractivity contribution in [2.75, 3.05) is 31.1 Å². The number of aliphatic hydroxyl groups excluding tert-OH is 1. The number of amides is 3. The van der Waals surface area contributed by atoms with E-state index < -0.39 is 47.6 Å². The summed E-state index contributed by atoms with van der Waals surface area (Å²) in [5.41, 5.74) is 1.36. The van der Waals surface area contributed by atoms with Gasteiger partial charge < -0.3 is 29.7 Å². The van der Waals surface area contributed by atoms with Gasteiger partial charge in [-0.05, 0) is 57.2 Å². The first-order chi connectivity index (χ1) is 19.6. The van der Waals surface area contributed by atoms with Gasteiger partial charge in [0.05, 0.1) is 31.1 Å². The Morgan fingerprint density at radius 2 is 2.05 bits per heavy atom. The molecule has 222 valence electrons. The fraction of sp³-hybridized carbons (Fsp3) is 0.548. The summed E-state index contributed by atoms with van der Waals surface area (Å²) in [4.78, 5) is 56.7. The van der Waals surface area contributed by atoms with E-state index in [0.717, 1.165) is 11.1 Å². The fourth-order valence-corrected chi connectivity index (χ4v) is 6.54. The zero-order valence-corrected chi connectivity index (χ0v) is 24.1. The fourth-order valence-electron chi connectivity index (χ4n) is 6.54. The number of fused-ring (bicyclic) bond motifs is 1. The van der Waals surface area contributed by atoms with Crippen molar-refractivity contribution in [2.24, 2.45) is 11.8 Å². The number of benzene rings is 1. The molecule has 10 heteroatoms. The minimum absolute atomic E-state index is 0.0643. The molecule has 10 nitrogen and oxygen atoms in total. The van der Waals surface area contributed by atoms with Crippen LogP contribution in [0.25, 0.3) is 0 Å². The maximum Gasteiger partial charge on any atom is 0.312 e. The molecule has 3 heterocycles. The van der Waals surface area contributed by atoms with E-state index in [0.29, 0.717) is 31.4 Å². The van der Waals surface area contributed by atoms with Crippen LogP contribution in [0.5, 0.6) is 0 Å². The van der Waals surface area contributed by atoms with Crippen molar-refractivity contribution in [1.29, 1.82) is 0 Å². The number of hydrogen-bond donors (Lipinski definition) is 2. The Bertz CT molecular complexity index is 1220. The Balaban J connectivity index is 1.60. The zero-order valence-electron chi connectivity index (χ0n) is 24.1. The molecular weight excluding hydrogens is 526 g/mol. The minimum Gasteiger partial charge on any atom is -0.460 e. The van der Waals surface area contributed by atoms with Crippen molar-refractivity contribution in [1.82, 2.24) is 10.2 Å². The molecule has 3 fully saturated rings. The maximum atomic E-state index is 14.4. The predicted octanol–water partition coefficient (Wildman–Crippen LogP) is 2.20. The number of likely N-dealkylation sites (tertiary alicyclic amines) is 1.